The number of H-pyrrole nitrogens is 1. The summed E-state index contributed by atoms with van der Waals surface area (Å²) in [6, 6.07) is 4.07. The largest absolute Gasteiger partial charge is 0.481 e. The Balaban J connectivity index is 2.67. The molecule has 2 N–H and O–H groups in total. The molecule has 1 aromatic carbocycles. The average molecular weight is 203 g/mol. The van der Waals surface area contributed by atoms with E-state index in [0.29, 0.717) is 0 Å². The lowest BCUT2D eigenvalue weighted by Gasteiger charge is -2.02. The Morgan fingerprint density at radius 1 is 1.33 bits per heavy atom. The second-order valence-corrected chi connectivity index (χ2v) is 3.83. The standard InChI is InChI=1S/C12H13NO2/c1-7-3-4-8(2)12-11(7)9(6-13-12)5-10(14)15/h3-4,6,13H,5H2,1-2H3,(H,14,15). The summed E-state index contributed by atoms with van der Waals surface area (Å²) in [5.41, 5.74) is 4.17. The molecule has 0 spiro atoms. The smallest absolute Gasteiger partial charge is 0.307 e. The van der Waals surface area contributed by atoms with E-state index in [1.807, 2.05) is 26.0 Å². The minimum absolute atomic E-state index is 0.0737. The van der Waals surface area contributed by atoms with Gasteiger partial charge in [0.1, 0.15) is 0 Å². The number of carboxylic acid groups (broad SMARTS) is 1. The minimum atomic E-state index is -0.795. The van der Waals surface area contributed by atoms with E-state index in [2.05, 4.69) is 4.98 Å². The number of benzene rings is 1. The number of fused-ring (bicyclic) bond motifs is 1. The Bertz CT molecular complexity index is 526. The maximum atomic E-state index is 10.7. The number of aromatic amines is 1. The molecule has 0 aliphatic heterocycles. The first-order valence-electron chi connectivity index (χ1n) is 4.87. The molecule has 0 radical (unpaired) electrons. The quantitative estimate of drug-likeness (QED) is 0.787. The number of rotatable bonds is 2. The molecule has 0 amide bonds. The van der Waals surface area contributed by atoms with Crippen molar-refractivity contribution >= 4 is 16.9 Å². The predicted molar refractivity (Wildman–Crippen MR) is 59.1 cm³/mol. The second-order valence-electron chi connectivity index (χ2n) is 3.83. The number of hydrogen-bond acceptors (Lipinski definition) is 1. The van der Waals surface area contributed by atoms with Gasteiger partial charge < -0.3 is 10.1 Å². The predicted octanol–water partition coefficient (Wildman–Crippen LogP) is 2.41. The van der Waals surface area contributed by atoms with Crippen LogP contribution in [-0.2, 0) is 11.2 Å². The van der Waals surface area contributed by atoms with Crippen LogP contribution in [0.1, 0.15) is 16.7 Å². The van der Waals surface area contributed by atoms with Crippen LogP contribution >= 0.6 is 0 Å². The van der Waals surface area contributed by atoms with Gasteiger partial charge in [-0.1, -0.05) is 12.1 Å². The monoisotopic (exact) mass is 203 g/mol. The first-order chi connectivity index (χ1) is 7.09. The molecule has 0 saturated carbocycles. The van der Waals surface area contributed by atoms with Crippen molar-refractivity contribution in [1.29, 1.82) is 0 Å². The van der Waals surface area contributed by atoms with Crippen LogP contribution in [-0.4, -0.2) is 16.1 Å². The molecule has 2 rings (SSSR count). The van der Waals surface area contributed by atoms with Gasteiger partial charge in [0.15, 0.2) is 0 Å². The van der Waals surface area contributed by atoms with Gasteiger partial charge in [-0.15, -0.1) is 0 Å². The van der Waals surface area contributed by atoms with Crippen molar-refractivity contribution < 1.29 is 9.90 Å². The zero-order valence-corrected chi connectivity index (χ0v) is 8.79. The number of carbonyl (C=O) groups is 1. The highest BCUT2D eigenvalue weighted by atomic mass is 16.4. The van der Waals surface area contributed by atoms with Gasteiger partial charge in [-0.25, -0.2) is 0 Å². The third-order valence-corrected chi connectivity index (χ3v) is 2.68. The summed E-state index contributed by atoms with van der Waals surface area (Å²) in [4.78, 5) is 13.8. The highest BCUT2D eigenvalue weighted by molar-refractivity contribution is 5.91. The van der Waals surface area contributed by atoms with Crippen molar-refractivity contribution in [2.24, 2.45) is 0 Å². The number of hydrogen-bond donors (Lipinski definition) is 2. The third kappa shape index (κ3) is 1.61. The van der Waals surface area contributed by atoms with Crippen LogP contribution in [0.3, 0.4) is 0 Å². The molecular weight excluding hydrogens is 190 g/mol. The van der Waals surface area contributed by atoms with Gasteiger partial charge in [0.25, 0.3) is 0 Å². The van der Waals surface area contributed by atoms with Crippen molar-refractivity contribution in [3.63, 3.8) is 0 Å². The molecule has 3 nitrogen and oxygen atoms in total. The van der Waals surface area contributed by atoms with E-state index < -0.39 is 5.97 Å². The van der Waals surface area contributed by atoms with Gasteiger partial charge in [-0.2, -0.15) is 0 Å². The van der Waals surface area contributed by atoms with Crippen molar-refractivity contribution in [1.82, 2.24) is 4.98 Å². The third-order valence-electron chi connectivity index (χ3n) is 2.68. The molecule has 0 atom stereocenters. The first-order valence-corrected chi connectivity index (χ1v) is 4.87. The number of nitrogens with one attached hydrogen (secondary N) is 1. The lowest BCUT2D eigenvalue weighted by atomic mass is 10.0. The zero-order chi connectivity index (χ0) is 11.0. The summed E-state index contributed by atoms with van der Waals surface area (Å²) in [5.74, 6) is -0.795. The Morgan fingerprint density at radius 2 is 2.00 bits per heavy atom. The molecule has 0 unspecified atom stereocenters. The summed E-state index contributed by atoms with van der Waals surface area (Å²) in [6.07, 6.45) is 1.86. The Hall–Kier alpha value is -1.77. The molecule has 0 bridgehead atoms. The van der Waals surface area contributed by atoms with E-state index in [-0.39, 0.29) is 6.42 Å². The van der Waals surface area contributed by atoms with Gasteiger partial charge in [-0.05, 0) is 30.5 Å². The summed E-state index contributed by atoms with van der Waals surface area (Å²) in [7, 11) is 0. The lowest BCUT2D eigenvalue weighted by molar-refractivity contribution is -0.136. The fourth-order valence-electron chi connectivity index (χ4n) is 1.94. The molecule has 78 valence electrons. The normalized spacial score (nSPS) is 10.8. The molecule has 0 aliphatic carbocycles. The Labute approximate surface area is 87.7 Å². The van der Waals surface area contributed by atoms with E-state index >= 15 is 0 Å². The summed E-state index contributed by atoms with van der Waals surface area (Å²) in [5, 5.41) is 9.84. The highest BCUT2D eigenvalue weighted by Crippen LogP contribution is 2.25. The van der Waals surface area contributed by atoms with Crippen molar-refractivity contribution in [2.45, 2.75) is 20.3 Å². The zero-order valence-electron chi connectivity index (χ0n) is 8.79. The number of aliphatic carboxylic acids is 1. The number of aromatic nitrogens is 1. The number of aryl methyl sites for hydroxylation is 2. The topological polar surface area (TPSA) is 53.1 Å². The Kier molecular flexibility index (Phi) is 2.23. The molecule has 2 aromatic rings. The molecule has 3 heteroatoms. The minimum Gasteiger partial charge on any atom is -0.481 e. The molecule has 15 heavy (non-hydrogen) atoms. The van der Waals surface area contributed by atoms with Crippen LogP contribution in [0, 0.1) is 13.8 Å². The molecule has 0 fully saturated rings. The van der Waals surface area contributed by atoms with E-state index in [1.54, 1.807) is 6.20 Å². The summed E-state index contributed by atoms with van der Waals surface area (Å²) < 4.78 is 0. The summed E-state index contributed by atoms with van der Waals surface area (Å²) >= 11 is 0. The average Bonchev–Trinajstić information content (AvgIpc) is 2.56. The SMILES string of the molecule is Cc1ccc(C)c2c(CC(=O)O)c[nH]c12. The lowest BCUT2D eigenvalue weighted by Crippen LogP contribution is -1.99. The van der Waals surface area contributed by atoms with Gasteiger partial charge in [-0.3, -0.25) is 4.79 Å². The van der Waals surface area contributed by atoms with Crippen LogP contribution in [0.15, 0.2) is 18.3 Å². The Morgan fingerprint density at radius 3 is 2.67 bits per heavy atom. The van der Waals surface area contributed by atoms with E-state index in [1.165, 1.54) is 0 Å². The molecular formula is C12H13NO2. The second kappa shape index (κ2) is 3.42. The highest BCUT2D eigenvalue weighted by Gasteiger charge is 2.10. The maximum absolute atomic E-state index is 10.7. The van der Waals surface area contributed by atoms with Gasteiger partial charge >= 0.3 is 5.97 Å². The van der Waals surface area contributed by atoms with Crippen molar-refractivity contribution in [3.8, 4) is 0 Å². The first kappa shape index (κ1) is 9.77. The van der Waals surface area contributed by atoms with Gasteiger partial charge in [0, 0.05) is 17.1 Å². The summed E-state index contributed by atoms with van der Waals surface area (Å²) in [6.45, 7) is 4.02. The van der Waals surface area contributed by atoms with Crippen LogP contribution in [0.5, 0.6) is 0 Å². The van der Waals surface area contributed by atoms with E-state index in [9.17, 15) is 4.79 Å². The van der Waals surface area contributed by atoms with Crippen LogP contribution in [0.4, 0.5) is 0 Å². The van der Waals surface area contributed by atoms with E-state index in [0.717, 1.165) is 27.6 Å². The van der Waals surface area contributed by atoms with Crippen LogP contribution in [0.25, 0.3) is 10.9 Å². The molecule has 1 aromatic heterocycles. The van der Waals surface area contributed by atoms with Crippen molar-refractivity contribution in [2.75, 3.05) is 0 Å². The maximum Gasteiger partial charge on any atom is 0.307 e. The van der Waals surface area contributed by atoms with Crippen molar-refractivity contribution in [3.05, 3.63) is 35.0 Å². The molecule has 0 aliphatic rings. The van der Waals surface area contributed by atoms with Gasteiger partial charge in [0.2, 0.25) is 0 Å². The molecule has 1 heterocycles. The van der Waals surface area contributed by atoms with Crippen LogP contribution < -0.4 is 0 Å². The fraction of sp³-hybridized carbons (Fsp3) is 0.250. The van der Waals surface area contributed by atoms with E-state index in [4.69, 9.17) is 5.11 Å². The molecule has 0 saturated heterocycles. The van der Waals surface area contributed by atoms with Gasteiger partial charge in [0.05, 0.1) is 6.42 Å². The number of carboxylic acids is 1. The van der Waals surface area contributed by atoms with Crippen LogP contribution in [0.2, 0.25) is 0 Å². The fourth-order valence-corrected chi connectivity index (χ4v) is 1.94.